The lowest BCUT2D eigenvalue weighted by atomic mass is 10.1. The van der Waals surface area contributed by atoms with Gasteiger partial charge in [0, 0.05) is 0 Å². The third-order valence-corrected chi connectivity index (χ3v) is 7.57. The average Bonchev–Trinajstić information content (AvgIpc) is 2.50. The van der Waals surface area contributed by atoms with Crippen molar-refractivity contribution in [3.05, 3.63) is 0 Å². The smallest absolute Gasteiger partial charge is 0.450 e. The zero-order chi connectivity index (χ0) is 16.6. The van der Waals surface area contributed by atoms with Crippen molar-refractivity contribution in [2.24, 2.45) is 0 Å². The number of ether oxygens (including phenoxy) is 1. The van der Waals surface area contributed by atoms with Gasteiger partial charge in [-0.25, -0.2) is 4.79 Å². The number of unbranched alkanes of at least 4 members (excludes halogenated alkanes) is 8. The van der Waals surface area contributed by atoms with E-state index in [1.807, 2.05) is 0 Å². The quantitative estimate of drug-likeness (QED) is 0.238. The normalized spacial score (nSPS) is 13.1. The Morgan fingerprint density at radius 1 is 0.909 bits per heavy atom. The van der Waals surface area contributed by atoms with E-state index in [1.165, 1.54) is 64.2 Å². The molecule has 1 N–H and O–H groups in total. The number of rotatable bonds is 15. The van der Waals surface area contributed by atoms with Crippen LogP contribution in [0.4, 0.5) is 4.79 Å². The minimum atomic E-state index is -1.08. The summed E-state index contributed by atoms with van der Waals surface area (Å²) in [6.07, 6.45) is 14.0. The first-order chi connectivity index (χ1) is 10.6. The van der Waals surface area contributed by atoms with Gasteiger partial charge in [0.2, 0.25) is 0 Å². The Labute approximate surface area is 140 Å². The van der Waals surface area contributed by atoms with Gasteiger partial charge in [-0.05, 0) is 12.0 Å². The van der Waals surface area contributed by atoms with Crippen molar-refractivity contribution in [3.8, 4) is 0 Å². The van der Waals surface area contributed by atoms with Gasteiger partial charge < -0.3 is 9.84 Å². The molecule has 132 valence electrons. The molecule has 0 fully saturated rings. The van der Waals surface area contributed by atoms with E-state index in [2.05, 4.69) is 20.8 Å². The van der Waals surface area contributed by atoms with Crippen molar-refractivity contribution in [1.82, 2.24) is 0 Å². The van der Waals surface area contributed by atoms with Crippen molar-refractivity contribution in [2.75, 3.05) is 0 Å². The SMILES string of the molecule is CCCCCCCCCCCC(OC(=O)O)[SiH2]C(CC)CC. The molecule has 0 aromatic carbocycles. The third-order valence-electron chi connectivity index (χ3n) is 4.65. The Morgan fingerprint density at radius 3 is 1.86 bits per heavy atom. The minimum Gasteiger partial charge on any atom is -0.450 e. The van der Waals surface area contributed by atoms with E-state index in [0.29, 0.717) is 0 Å². The highest BCUT2D eigenvalue weighted by Gasteiger charge is 2.18. The van der Waals surface area contributed by atoms with Crippen molar-refractivity contribution < 1.29 is 14.6 Å². The lowest BCUT2D eigenvalue weighted by Gasteiger charge is -2.20. The molecule has 0 amide bonds. The first-order valence-corrected chi connectivity index (χ1v) is 11.2. The van der Waals surface area contributed by atoms with Crippen LogP contribution in [0.1, 0.15) is 97.8 Å². The Bertz CT molecular complexity index is 255. The Hall–Kier alpha value is -0.513. The molecule has 3 nitrogen and oxygen atoms in total. The van der Waals surface area contributed by atoms with E-state index >= 15 is 0 Å². The van der Waals surface area contributed by atoms with Gasteiger partial charge in [0.1, 0.15) is 0 Å². The van der Waals surface area contributed by atoms with Crippen molar-refractivity contribution in [2.45, 2.75) is 109 Å². The molecule has 0 saturated carbocycles. The lowest BCUT2D eigenvalue weighted by molar-refractivity contribution is 0.0746. The maximum absolute atomic E-state index is 10.8. The van der Waals surface area contributed by atoms with Crippen LogP contribution in [0, 0.1) is 0 Å². The fourth-order valence-electron chi connectivity index (χ4n) is 3.04. The Kier molecular flexibility index (Phi) is 15.0. The molecule has 1 unspecified atom stereocenters. The van der Waals surface area contributed by atoms with Crippen LogP contribution in [0.3, 0.4) is 0 Å². The third kappa shape index (κ3) is 13.2. The molecular weight excluding hydrogens is 292 g/mol. The van der Waals surface area contributed by atoms with Crippen molar-refractivity contribution in [1.29, 1.82) is 0 Å². The predicted octanol–water partition coefficient (Wildman–Crippen LogP) is 5.71. The van der Waals surface area contributed by atoms with E-state index in [9.17, 15) is 4.79 Å². The fraction of sp³-hybridized carbons (Fsp3) is 0.944. The molecule has 0 aromatic heterocycles. The standard InChI is InChI=1S/C18H38O3Si/c1-4-7-8-9-10-11-12-13-14-15-17(21-18(19)20)22-16(5-2)6-3/h16-17H,4-15,22H2,1-3H3,(H,19,20). The van der Waals surface area contributed by atoms with Gasteiger partial charge in [-0.3, -0.25) is 0 Å². The first-order valence-electron chi connectivity index (χ1n) is 9.53. The van der Waals surface area contributed by atoms with Crippen LogP contribution in [0.2, 0.25) is 5.54 Å². The molecule has 0 aromatic rings. The second-order valence-electron chi connectivity index (χ2n) is 6.54. The van der Waals surface area contributed by atoms with Gasteiger partial charge in [0.15, 0.2) is 0 Å². The average molecular weight is 331 g/mol. The Morgan fingerprint density at radius 2 is 1.41 bits per heavy atom. The van der Waals surface area contributed by atoms with Crippen molar-refractivity contribution in [3.63, 3.8) is 0 Å². The molecule has 0 rings (SSSR count). The van der Waals surface area contributed by atoms with E-state index in [1.54, 1.807) is 0 Å². The summed E-state index contributed by atoms with van der Waals surface area (Å²) in [6.45, 7) is 6.66. The molecule has 0 bridgehead atoms. The maximum atomic E-state index is 10.8. The van der Waals surface area contributed by atoms with E-state index in [4.69, 9.17) is 9.84 Å². The van der Waals surface area contributed by atoms with Crippen LogP contribution in [-0.2, 0) is 4.74 Å². The topological polar surface area (TPSA) is 46.5 Å². The van der Waals surface area contributed by atoms with Crippen LogP contribution in [0.25, 0.3) is 0 Å². The second-order valence-corrected chi connectivity index (χ2v) is 9.08. The molecule has 0 aliphatic heterocycles. The lowest BCUT2D eigenvalue weighted by Crippen LogP contribution is -2.26. The molecule has 0 aliphatic rings. The minimum absolute atomic E-state index is 0.0342. The Balaban J connectivity index is 3.72. The van der Waals surface area contributed by atoms with Crippen LogP contribution in [-0.4, -0.2) is 26.5 Å². The monoisotopic (exact) mass is 330 g/mol. The van der Waals surface area contributed by atoms with Crippen molar-refractivity contribution >= 4 is 15.7 Å². The highest BCUT2D eigenvalue weighted by molar-refractivity contribution is 6.39. The summed E-state index contributed by atoms with van der Waals surface area (Å²) < 4.78 is 5.13. The van der Waals surface area contributed by atoms with Crippen LogP contribution in [0.15, 0.2) is 0 Å². The van der Waals surface area contributed by atoms with Gasteiger partial charge in [-0.2, -0.15) is 0 Å². The summed E-state index contributed by atoms with van der Waals surface area (Å²) in [5.41, 5.74) is 0.759. The molecule has 1 atom stereocenters. The molecule has 0 heterocycles. The van der Waals surface area contributed by atoms with E-state index < -0.39 is 15.7 Å². The summed E-state index contributed by atoms with van der Waals surface area (Å²) in [6, 6.07) is 0. The number of hydrogen-bond acceptors (Lipinski definition) is 2. The van der Waals surface area contributed by atoms with Gasteiger partial charge in [0.25, 0.3) is 0 Å². The molecule has 0 saturated heterocycles. The van der Waals surface area contributed by atoms with Gasteiger partial charge in [-0.15, -0.1) is 0 Å². The van der Waals surface area contributed by atoms with Crippen LogP contribution in [0.5, 0.6) is 0 Å². The molecule has 0 aliphatic carbocycles. The van der Waals surface area contributed by atoms with E-state index in [0.717, 1.165) is 18.4 Å². The summed E-state index contributed by atoms with van der Waals surface area (Å²) in [5.74, 6) is 0. The zero-order valence-electron chi connectivity index (χ0n) is 15.1. The van der Waals surface area contributed by atoms with Gasteiger partial charge >= 0.3 is 6.16 Å². The predicted molar refractivity (Wildman–Crippen MR) is 97.6 cm³/mol. The van der Waals surface area contributed by atoms with Crippen LogP contribution < -0.4 is 0 Å². The summed E-state index contributed by atoms with van der Waals surface area (Å²) in [5, 5.41) is 8.89. The zero-order valence-corrected chi connectivity index (χ0v) is 16.5. The highest BCUT2D eigenvalue weighted by atomic mass is 28.2. The summed E-state index contributed by atoms with van der Waals surface area (Å²) >= 11 is 0. The molecule has 4 heteroatoms. The molecular formula is C18H38O3Si. The molecule has 0 spiro atoms. The summed E-state index contributed by atoms with van der Waals surface area (Å²) in [4.78, 5) is 10.8. The maximum Gasteiger partial charge on any atom is 0.505 e. The van der Waals surface area contributed by atoms with Gasteiger partial charge in [0.05, 0.1) is 15.2 Å². The molecule has 22 heavy (non-hydrogen) atoms. The number of carbonyl (C=O) groups is 1. The number of carboxylic acid groups (broad SMARTS) is 1. The van der Waals surface area contributed by atoms with Crippen LogP contribution >= 0.6 is 0 Å². The fourth-order valence-corrected chi connectivity index (χ4v) is 5.22. The number of hydrogen-bond donors (Lipinski definition) is 1. The molecule has 0 radical (unpaired) electrons. The largest absolute Gasteiger partial charge is 0.505 e. The summed E-state index contributed by atoms with van der Waals surface area (Å²) in [7, 11) is -0.460. The second kappa shape index (κ2) is 15.4. The first kappa shape index (κ1) is 21.5. The van der Waals surface area contributed by atoms with Gasteiger partial charge in [-0.1, -0.05) is 91.4 Å². The highest BCUT2D eigenvalue weighted by Crippen LogP contribution is 2.19. The van der Waals surface area contributed by atoms with E-state index in [-0.39, 0.29) is 5.73 Å².